The molecule has 1 amide bonds. The summed E-state index contributed by atoms with van der Waals surface area (Å²) >= 11 is 0. The van der Waals surface area contributed by atoms with Crippen LogP contribution in [0.4, 0.5) is 0 Å². The van der Waals surface area contributed by atoms with Crippen LogP contribution in [0.5, 0.6) is 0 Å². The molecule has 0 aromatic carbocycles. The maximum Gasteiger partial charge on any atom is 0.237 e. The van der Waals surface area contributed by atoms with Crippen LogP contribution < -0.4 is 11.1 Å². The molecule has 0 heterocycles. The molecule has 0 aromatic rings. The number of methoxy groups -OCH3 is 1. The molecule has 0 radical (unpaired) electrons. The number of hydrogen-bond donors (Lipinski definition) is 2. The third-order valence-electron chi connectivity index (χ3n) is 3.24. The Bertz CT molecular complexity index is 221. The average Bonchev–Trinajstić information content (AvgIpc) is 2.64. The molecular weight excluding hydrogens is 204 g/mol. The van der Waals surface area contributed by atoms with E-state index >= 15 is 0 Å². The van der Waals surface area contributed by atoms with Gasteiger partial charge in [-0.3, -0.25) is 4.79 Å². The van der Waals surface area contributed by atoms with Crippen LogP contribution >= 0.6 is 0 Å². The number of nitrogens with two attached hydrogens (primary N) is 1. The van der Waals surface area contributed by atoms with Crippen LogP contribution in [-0.4, -0.2) is 31.7 Å². The first-order valence-electron chi connectivity index (χ1n) is 6.18. The largest absolute Gasteiger partial charge is 0.385 e. The van der Waals surface area contributed by atoms with Crippen molar-refractivity contribution in [3.8, 4) is 0 Å². The molecule has 4 heteroatoms. The van der Waals surface area contributed by atoms with E-state index in [2.05, 4.69) is 12.2 Å². The first kappa shape index (κ1) is 13.5. The van der Waals surface area contributed by atoms with E-state index in [9.17, 15) is 4.79 Å². The molecule has 1 aliphatic rings. The van der Waals surface area contributed by atoms with Gasteiger partial charge in [-0.25, -0.2) is 0 Å². The minimum absolute atomic E-state index is 0.00444. The highest BCUT2D eigenvalue weighted by Gasteiger charge is 2.24. The van der Waals surface area contributed by atoms with Crippen molar-refractivity contribution in [3.63, 3.8) is 0 Å². The number of amides is 1. The number of nitrogens with one attached hydrogen (secondary N) is 1. The van der Waals surface area contributed by atoms with Crippen molar-refractivity contribution in [2.45, 2.75) is 51.1 Å². The van der Waals surface area contributed by atoms with Gasteiger partial charge in [0.2, 0.25) is 5.91 Å². The topological polar surface area (TPSA) is 64.3 Å². The molecule has 1 rings (SSSR count). The molecule has 3 unspecified atom stereocenters. The molecule has 0 spiro atoms. The van der Waals surface area contributed by atoms with E-state index in [1.807, 2.05) is 0 Å². The summed E-state index contributed by atoms with van der Waals surface area (Å²) < 4.78 is 4.93. The Morgan fingerprint density at radius 1 is 1.56 bits per heavy atom. The third-order valence-corrected chi connectivity index (χ3v) is 3.24. The minimum atomic E-state index is -0.383. The van der Waals surface area contributed by atoms with Crippen LogP contribution in [0.25, 0.3) is 0 Å². The van der Waals surface area contributed by atoms with Gasteiger partial charge in [0.05, 0.1) is 6.04 Å². The lowest BCUT2D eigenvalue weighted by molar-refractivity contribution is -0.123. The predicted molar refractivity (Wildman–Crippen MR) is 64.0 cm³/mol. The summed E-state index contributed by atoms with van der Waals surface area (Å²) in [6.45, 7) is 2.89. The van der Waals surface area contributed by atoms with E-state index in [0.29, 0.717) is 19.1 Å². The molecule has 1 saturated carbocycles. The molecule has 0 aromatic heterocycles. The lowest BCUT2D eigenvalue weighted by atomic mass is 10.1. The summed E-state index contributed by atoms with van der Waals surface area (Å²) in [5, 5.41) is 3.03. The fraction of sp³-hybridized carbons (Fsp3) is 0.917. The Hall–Kier alpha value is -0.610. The standard InChI is InChI=1S/C12H24N2O2/c1-9-5-6-10(8-9)14-12(15)11(13)4-3-7-16-2/h9-11H,3-8,13H2,1-2H3,(H,14,15). The van der Waals surface area contributed by atoms with Crippen LogP contribution in [0, 0.1) is 5.92 Å². The van der Waals surface area contributed by atoms with Gasteiger partial charge >= 0.3 is 0 Å². The van der Waals surface area contributed by atoms with Crippen LogP contribution in [0.2, 0.25) is 0 Å². The Labute approximate surface area is 97.9 Å². The summed E-state index contributed by atoms with van der Waals surface area (Å²) in [5.74, 6) is 0.727. The second kappa shape index (κ2) is 6.86. The van der Waals surface area contributed by atoms with Gasteiger partial charge < -0.3 is 15.8 Å². The van der Waals surface area contributed by atoms with Gasteiger partial charge in [0, 0.05) is 19.8 Å². The number of hydrogen-bond acceptors (Lipinski definition) is 3. The molecule has 0 saturated heterocycles. The molecule has 1 fully saturated rings. The Morgan fingerprint density at radius 3 is 2.88 bits per heavy atom. The van der Waals surface area contributed by atoms with Crippen LogP contribution in [0.3, 0.4) is 0 Å². The number of rotatable bonds is 6. The molecule has 3 atom stereocenters. The van der Waals surface area contributed by atoms with Crippen molar-refractivity contribution >= 4 is 5.91 Å². The first-order valence-corrected chi connectivity index (χ1v) is 6.18. The lowest BCUT2D eigenvalue weighted by Crippen LogP contribution is -2.44. The summed E-state index contributed by atoms with van der Waals surface area (Å²) in [4.78, 5) is 11.7. The molecule has 94 valence electrons. The quantitative estimate of drug-likeness (QED) is 0.668. The molecule has 3 N–H and O–H groups in total. The van der Waals surface area contributed by atoms with Gasteiger partial charge in [0.15, 0.2) is 0 Å². The van der Waals surface area contributed by atoms with Gasteiger partial charge in [-0.1, -0.05) is 6.92 Å². The van der Waals surface area contributed by atoms with Crippen molar-refractivity contribution < 1.29 is 9.53 Å². The predicted octanol–water partition coefficient (Wildman–Crippen LogP) is 1.05. The maximum absolute atomic E-state index is 11.7. The molecular formula is C12H24N2O2. The highest BCUT2D eigenvalue weighted by Crippen LogP contribution is 2.24. The lowest BCUT2D eigenvalue weighted by Gasteiger charge is -2.16. The van der Waals surface area contributed by atoms with Crippen molar-refractivity contribution in [2.75, 3.05) is 13.7 Å². The van der Waals surface area contributed by atoms with Crippen LogP contribution in [0.1, 0.15) is 39.0 Å². The van der Waals surface area contributed by atoms with E-state index in [4.69, 9.17) is 10.5 Å². The number of carbonyl (C=O) groups excluding carboxylic acids is 1. The summed E-state index contributed by atoms with van der Waals surface area (Å²) in [5.41, 5.74) is 5.80. The molecule has 0 bridgehead atoms. The summed E-state index contributed by atoms with van der Waals surface area (Å²) in [6, 6.07) is -0.0398. The molecule has 4 nitrogen and oxygen atoms in total. The van der Waals surface area contributed by atoms with E-state index in [1.54, 1.807) is 7.11 Å². The Balaban J connectivity index is 2.18. The van der Waals surface area contributed by atoms with Gasteiger partial charge in [-0.2, -0.15) is 0 Å². The van der Waals surface area contributed by atoms with Crippen molar-refractivity contribution in [1.82, 2.24) is 5.32 Å². The zero-order valence-corrected chi connectivity index (χ0v) is 10.4. The van der Waals surface area contributed by atoms with Crippen molar-refractivity contribution in [3.05, 3.63) is 0 Å². The van der Waals surface area contributed by atoms with E-state index in [-0.39, 0.29) is 11.9 Å². The van der Waals surface area contributed by atoms with Gasteiger partial charge in [-0.05, 0) is 38.0 Å². The monoisotopic (exact) mass is 228 g/mol. The van der Waals surface area contributed by atoms with Gasteiger partial charge in [-0.15, -0.1) is 0 Å². The Kier molecular flexibility index (Phi) is 5.77. The highest BCUT2D eigenvalue weighted by molar-refractivity contribution is 5.81. The van der Waals surface area contributed by atoms with Crippen molar-refractivity contribution in [1.29, 1.82) is 0 Å². The van der Waals surface area contributed by atoms with Crippen LogP contribution in [0.15, 0.2) is 0 Å². The fourth-order valence-electron chi connectivity index (χ4n) is 2.23. The van der Waals surface area contributed by atoms with Gasteiger partial charge in [0.25, 0.3) is 0 Å². The molecule has 0 aliphatic heterocycles. The Morgan fingerprint density at radius 2 is 2.31 bits per heavy atom. The molecule has 1 aliphatic carbocycles. The zero-order valence-electron chi connectivity index (χ0n) is 10.4. The van der Waals surface area contributed by atoms with Crippen molar-refractivity contribution in [2.24, 2.45) is 11.7 Å². The average molecular weight is 228 g/mol. The van der Waals surface area contributed by atoms with Crippen LogP contribution in [-0.2, 0) is 9.53 Å². The smallest absolute Gasteiger partial charge is 0.237 e. The van der Waals surface area contributed by atoms with E-state index in [0.717, 1.165) is 25.2 Å². The first-order chi connectivity index (χ1) is 7.63. The zero-order chi connectivity index (χ0) is 12.0. The minimum Gasteiger partial charge on any atom is -0.385 e. The number of ether oxygens (including phenoxy) is 1. The summed E-state index contributed by atoms with van der Waals surface area (Å²) in [7, 11) is 1.66. The number of carbonyl (C=O) groups is 1. The second-order valence-corrected chi connectivity index (χ2v) is 4.87. The van der Waals surface area contributed by atoms with Gasteiger partial charge in [0.1, 0.15) is 0 Å². The third kappa shape index (κ3) is 4.49. The maximum atomic E-state index is 11.7. The van der Waals surface area contributed by atoms with E-state index < -0.39 is 0 Å². The highest BCUT2D eigenvalue weighted by atomic mass is 16.5. The fourth-order valence-corrected chi connectivity index (χ4v) is 2.23. The normalized spacial score (nSPS) is 26.7. The van der Waals surface area contributed by atoms with E-state index in [1.165, 1.54) is 6.42 Å². The second-order valence-electron chi connectivity index (χ2n) is 4.87. The SMILES string of the molecule is COCCCC(N)C(=O)NC1CCC(C)C1. The molecule has 16 heavy (non-hydrogen) atoms. The summed E-state index contributed by atoms with van der Waals surface area (Å²) in [6.07, 6.45) is 4.94.